The van der Waals surface area contributed by atoms with Crippen LogP contribution in [0, 0.1) is 13.8 Å². The molecule has 2 rings (SSSR count). The van der Waals surface area contributed by atoms with Crippen LogP contribution in [0.4, 0.5) is 10.5 Å². The third-order valence-corrected chi connectivity index (χ3v) is 3.85. The van der Waals surface area contributed by atoms with Crippen molar-refractivity contribution in [3.05, 3.63) is 64.7 Å². The van der Waals surface area contributed by atoms with Crippen LogP contribution in [0.2, 0.25) is 0 Å². The van der Waals surface area contributed by atoms with Gasteiger partial charge in [0.2, 0.25) is 0 Å². The number of urea groups is 1. The van der Waals surface area contributed by atoms with Crippen LogP contribution < -0.4 is 10.6 Å². The third-order valence-electron chi connectivity index (χ3n) is 3.85. The Hall–Kier alpha value is -2.82. The normalized spacial score (nSPS) is 10.2. The van der Waals surface area contributed by atoms with Crippen LogP contribution in [0.15, 0.2) is 42.5 Å². The third kappa shape index (κ3) is 5.35. The molecule has 0 saturated carbocycles. The second-order valence-electron chi connectivity index (χ2n) is 5.83. The van der Waals surface area contributed by atoms with Crippen LogP contribution in [0.3, 0.4) is 0 Å². The van der Waals surface area contributed by atoms with Crippen molar-refractivity contribution < 1.29 is 14.3 Å². The molecule has 0 aromatic heterocycles. The first-order valence-electron chi connectivity index (χ1n) is 8.38. The molecule has 5 nitrogen and oxygen atoms in total. The molecule has 0 heterocycles. The molecule has 0 radical (unpaired) electrons. The highest BCUT2D eigenvalue weighted by atomic mass is 16.5. The Morgan fingerprint density at radius 1 is 1.08 bits per heavy atom. The Morgan fingerprint density at radius 2 is 1.84 bits per heavy atom. The van der Waals surface area contributed by atoms with E-state index in [2.05, 4.69) is 42.7 Å². The van der Waals surface area contributed by atoms with Gasteiger partial charge in [-0.15, -0.1) is 0 Å². The van der Waals surface area contributed by atoms with Crippen molar-refractivity contribution in [2.45, 2.75) is 27.2 Å². The molecule has 0 unspecified atom stereocenters. The quantitative estimate of drug-likeness (QED) is 0.785. The molecular weight excluding hydrogens is 316 g/mol. The molecule has 0 aliphatic carbocycles. The van der Waals surface area contributed by atoms with Crippen molar-refractivity contribution in [3.63, 3.8) is 0 Å². The second kappa shape index (κ2) is 8.87. The summed E-state index contributed by atoms with van der Waals surface area (Å²) in [5.74, 6) is -0.450. The number of para-hydroxylation sites is 1. The van der Waals surface area contributed by atoms with E-state index in [1.54, 1.807) is 31.2 Å². The molecule has 2 amide bonds. The number of amides is 2. The van der Waals surface area contributed by atoms with Crippen LogP contribution in [-0.2, 0) is 11.2 Å². The standard InChI is InChI=1S/C20H24N2O3/c1-4-25-19(23)17-7-5-6-8-18(17)22-20(24)21-12-11-16-10-9-14(2)13-15(16)3/h5-10,13H,4,11-12H2,1-3H3,(H2,21,22,24). The maximum atomic E-state index is 12.1. The highest BCUT2D eigenvalue weighted by Gasteiger charge is 2.13. The van der Waals surface area contributed by atoms with Gasteiger partial charge >= 0.3 is 12.0 Å². The lowest BCUT2D eigenvalue weighted by Crippen LogP contribution is -2.31. The van der Waals surface area contributed by atoms with Crippen LogP contribution in [-0.4, -0.2) is 25.2 Å². The number of hydrogen-bond acceptors (Lipinski definition) is 3. The number of anilines is 1. The summed E-state index contributed by atoms with van der Waals surface area (Å²) in [4.78, 5) is 24.0. The number of aryl methyl sites for hydroxylation is 2. The molecule has 0 aliphatic rings. The molecule has 0 bridgehead atoms. The fourth-order valence-electron chi connectivity index (χ4n) is 2.58. The molecule has 25 heavy (non-hydrogen) atoms. The molecule has 0 fully saturated rings. The van der Waals surface area contributed by atoms with Gasteiger partial charge in [-0.3, -0.25) is 0 Å². The first-order valence-corrected chi connectivity index (χ1v) is 8.38. The largest absolute Gasteiger partial charge is 0.462 e. The van der Waals surface area contributed by atoms with E-state index in [4.69, 9.17) is 4.74 Å². The van der Waals surface area contributed by atoms with Gasteiger partial charge in [-0.1, -0.05) is 35.9 Å². The summed E-state index contributed by atoms with van der Waals surface area (Å²) in [7, 11) is 0. The van der Waals surface area contributed by atoms with Gasteiger partial charge in [-0.2, -0.15) is 0 Å². The maximum absolute atomic E-state index is 12.1. The van der Waals surface area contributed by atoms with Gasteiger partial charge in [0, 0.05) is 6.54 Å². The number of rotatable bonds is 6. The van der Waals surface area contributed by atoms with Crippen molar-refractivity contribution in [2.24, 2.45) is 0 Å². The zero-order valence-corrected chi connectivity index (χ0v) is 14.9. The second-order valence-corrected chi connectivity index (χ2v) is 5.83. The van der Waals surface area contributed by atoms with Crippen LogP contribution >= 0.6 is 0 Å². The minimum absolute atomic E-state index is 0.287. The van der Waals surface area contributed by atoms with Gasteiger partial charge in [0.25, 0.3) is 0 Å². The van der Waals surface area contributed by atoms with E-state index in [1.165, 1.54) is 16.7 Å². The number of carbonyl (C=O) groups excluding carboxylic acids is 2. The number of benzene rings is 2. The monoisotopic (exact) mass is 340 g/mol. The number of carbonyl (C=O) groups is 2. The molecule has 0 saturated heterocycles. The summed E-state index contributed by atoms with van der Waals surface area (Å²) in [6, 6.07) is 12.7. The molecule has 0 spiro atoms. The summed E-state index contributed by atoms with van der Waals surface area (Å²) in [6.07, 6.45) is 0.749. The Balaban J connectivity index is 1.91. The van der Waals surface area contributed by atoms with E-state index < -0.39 is 5.97 Å². The van der Waals surface area contributed by atoms with E-state index in [-0.39, 0.29) is 12.6 Å². The molecule has 132 valence electrons. The van der Waals surface area contributed by atoms with Gasteiger partial charge in [0.1, 0.15) is 0 Å². The molecule has 5 heteroatoms. The van der Waals surface area contributed by atoms with E-state index in [1.807, 2.05) is 0 Å². The number of nitrogens with one attached hydrogen (secondary N) is 2. The topological polar surface area (TPSA) is 67.4 Å². The summed E-state index contributed by atoms with van der Waals surface area (Å²) >= 11 is 0. The fourth-order valence-corrected chi connectivity index (χ4v) is 2.58. The van der Waals surface area contributed by atoms with E-state index >= 15 is 0 Å². The van der Waals surface area contributed by atoms with Gasteiger partial charge < -0.3 is 15.4 Å². The van der Waals surface area contributed by atoms with Crippen LogP contribution in [0.1, 0.15) is 34.0 Å². The Bertz CT molecular complexity index is 756. The predicted octanol–water partition coefficient (Wildman–Crippen LogP) is 3.84. The number of hydrogen-bond donors (Lipinski definition) is 2. The summed E-state index contributed by atoms with van der Waals surface area (Å²) in [5.41, 5.74) is 4.43. The summed E-state index contributed by atoms with van der Waals surface area (Å²) in [6.45, 7) is 6.67. The number of esters is 1. The Morgan fingerprint density at radius 3 is 2.56 bits per heavy atom. The molecule has 2 aromatic rings. The van der Waals surface area contributed by atoms with Crippen molar-refractivity contribution >= 4 is 17.7 Å². The molecule has 0 aliphatic heterocycles. The van der Waals surface area contributed by atoms with Crippen molar-refractivity contribution in [1.29, 1.82) is 0 Å². The minimum atomic E-state index is -0.450. The predicted molar refractivity (Wildman–Crippen MR) is 99.0 cm³/mol. The van der Waals surface area contributed by atoms with Crippen LogP contribution in [0.25, 0.3) is 0 Å². The molecule has 2 N–H and O–H groups in total. The van der Waals surface area contributed by atoms with Crippen molar-refractivity contribution in [2.75, 3.05) is 18.5 Å². The highest BCUT2D eigenvalue weighted by molar-refractivity contribution is 6.00. The van der Waals surface area contributed by atoms with E-state index in [0.717, 1.165) is 6.42 Å². The van der Waals surface area contributed by atoms with Gasteiger partial charge in [-0.25, -0.2) is 9.59 Å². The van der Waals surface area contributed by atoms with Gasteiger partial charge in [0.05, 0.1) is 17.9 Å². The minimum Gasteiger partial charge on any atom is -0.462 e. The highest BCUT2D eigenvalue weighted by Crippen LogP contribution is 2.16. The van der Waals surface area contributed by atoms with E-state index in [0.29, 0.717) is 17.8 Å². The SMILES string of the molecule is CCOC(=O)c1ccccc1NC(=O)NCCc1ccc(C)cc1C. The average molecular weight is 340 g/mol. The van der Waals surface area contributed by atoms with E-state index in [9.17, 15) is 9.59 Å². The lowest BCUT2D eigenvalue weighted by atomic mass is 10.0. The van der Waals surface area contributed by atoms with Crippen molar-refractivity contribution in [3.8, 4) is 0 Å². The first-order chi connectivity index (χ1) is 12.0. The first kappa shape index (κ1) is 18.5. The Labute approximate surface area is 148 Å². The molecule has 2 aromatic carbocycles. The average Bonchev–Trinajstić information content (AvgIpc) is 2.57. The lowest BCUT2D eigenvalue weighted by molar-refractivity contribution is 0.0527. The molecule has 0 atom stereocenters. The maximum Gasteiger partial charge on any atom is 0.340 e. The van der Waals surface area contributed by atoms with Crippen molar-refractivity contribution in [1.82, 2.24) is 5.32 Å². The lowest BCUT2D eigenvalue weighted by Gasteiger charge is -2.12. The number of ether oxygens (including phenoxy) is 1. The van der Waals surface area contributed by atoms with Gasteiger partial charge in [-0.05, 0) is 50.5 Å². The van der Waals surface area contributed by atoms with Gasteiger partial charge in [0.15, 0.2) is 0 Å². The zero-order valence-electron chi connectivity index (χ0n) is 14.9. The summed E-state index contributed by atoms with van der Waals surface area (Å²) in [5, 5.41) is 5.53. The smallest absolute Gasteiger partial charge is 0.340 e. The fraction of sp³-hybridized carbons (Fsp3) is 0.300. The van der Waals surface area contributed by atoms with Crippen LogP contribution in [0.5, 0.6) is 0 Å². The molecular formula is C20H24N2O3. The Kier molecular flexibility index (Phi) is 6.57. The summed E-state index contributed by atoms with van der Waals surface area (Å²) < 4.78 is 5.00. The zero-order chi connectivity index (χ0) is 18.2.